The quantitative estimate of drug-likeness (QED) is 0.443. The highest BCUT2D eigenvalue weighted by Gasteiger charge is 2.17. The van der Waals surface area contributed by atoms with Crippen molar-refractivity contribution in [3.8, 4) is 16.9 Å². The topological polar surface area (TPSA) is 81.5 Å². The molecule has 0 saturated heterocycles. The molecule has 0 saturated carbocycles. The van der Waals surface area contributed by atoms with Gasteiger partial charge in [-0.1, -0.05) is 0 Å². The number of nitrogens with two attached hydrogens (primary N) is 2. The van der Waals surface area contributed by atoms with Gasteiger partial charge in [0.2, 0.25) is 0 Å². The molecule has 5 N–H and O–H groups in total. The molecule has 0 aliphatic heterocycles. The Balaban J connectivity index is 2.83. The lowest BCUT2D eigenvalue weighted by Gasteiger charge is -2.19. The third kappa shape index (κ3) is 2.08. The maximum absolute atomic E-state index is 9.10. The molecule has 0 unspecified atom stereocenters. The summed E-state index contributed by atoms with van der Waals surface area (Å²) in [4.78, 5) is 4.49. The lowest BCUT2D eigenvalue weighted by Crippen LogP contribution is -2.03. The van der Waals surface area contributed by atoms with Crippen LogP contribution in [-0.2, 0) is 0 Å². The molecule has 0 heterocycles. The monoisotopic (exact) mass is 272 g/mol. The number of hydrogen-bond acceptors (Lipinski definition) is 4. The van der Waals surface area contributed by atoms with Gasteiger partial charge in [-0.05, 0) is 67.6 Å². The van der Waals surface area contributed by atoms with Crippen LogP contribution in [0.3, 0.4) is 0 Å². The van der Waals surface area contributed by atoms with Crippen molar-refractivity contribution in [2.75, 3.05) is 11.5 Å². The first kappa shape index (κ1) is 14.2. The van der Waals surface area contributed by atoms with E-state index in [-0.39, 0.29) is 0 Å². The van der Waals surface area contributed by atoms with Crippen molar-refractivity contribution in [1.82, 2.24) is 0 Å². The van der Waals surface area contributed by atoms with Gasteiger partial charge in [0.15, 0.2) is 5.75 Å². The molecule has 0 fully saturated rings. The van der Waals surface area contributed by atoms with Gasteiger partial charge in [0.1, 0.15) is 0 Å². The van der Waals surface area contributed by atoms with E-state index in [0.717, 1.165) is 39.1 Å². The van der Waals surface area contributed by atoms with Crippen LogP contribution in [0.2, 0.25) is 0 Å². The van der Waals surface area contributed by atoms with Gasteiger partial charge in [-0.15, -0.1) is 0 Å². The first-order chi connectivity index (χ1) is 9.38. The second kappa shape index (κ2) is 5.06. The van der Waals surface area contributed by atoms with Gasteiger partial charge in [0, 0.05) is 23.0 Å². The van der Waals surface area contributed by atoms with Crippen LogP contribution in [0.1, 0.15) is 22.3 Å². The molecule has 2 aromatic rings. The molecule has 0 aromatic heterocycles. The third-order valence-electron chi connectivity index (χ3n) is 4.06. The summed E-state index contributed by atoms with van der Waals surface area (Å²) in [6.07, 6.45) is 0. The Morgan fingerprint density at radius 3 is 1.95 bits per heavy atom. The van der Waals surface area contributed by atoms with E-state index in [1.54, 1.807) is 12.1 Å². The van der Waals surface area contributed by atoms with E-state index < -0.39 is 0 Å². The zero-order valence-electron chi connectivity index (χ0n) is 12.2. The van der Waals surface area contributed by atoms with Gasteiger partial charge in [-0.3, -0.25) is 0 Å². The summed E-state index contributed by atoms with van der Waals surface area (Å²) in [5.74, 6) is 0.347. The Morgan fingerprint density at radius 2 is 1.45 bits per heavy atom. The molecule has 4 heteroatoms. The Bertz CT molecular complexity index is 650. The molecule has 0 aliphatic rings. The summed E-state index contributed by atoms with van der Waals surface area (Å²) in [5.41, 5.74) is 19.3. The molecule has 0 aliphatic carbocycles. The van der Waals surface area contributed by atoms with Gasteiger partial charge in [0.25, 0.3) is 0 Å². The fraction of sp³-hybridized carbons (Fsp3) is 0.250. The van der Waals surface area contributed by atoms with Gasteiger partial charge < -0.3 is 16.4 Å². The molecular formula is C16H20N2O2. The van der Waals surface area contributed by atoms with E-state index in [4.69, 9.17) is 16.7 Å². The van der Waals surface area contributed by atoms with Crippen molar-refractivity contribution in [3.63, 3.8) is 0 Å². The molecule has 106 valence electrons. The van der Waals surface area contributed by atoms with Crippen molar-refractivity contribution in [2.45, 2.75) is 27.7 Å². The lowest BCUT2D eigenvalue weighted by molar-refractivity contribution is -0.137. The van der Waals surface area contributed by atoms with Crippen LogP contribution in [-0.4, -0.2) is 5.26 Å². The Morgan fingerprint density at radius 1 is 0.900 bits per heavy atom. The van der Waals surface area contributed by atoms with E-state index in [1.807, 2.05) is 33.8 Å². The van der Waals surface area contributed by atoms with Gasteiger partial charge in [-0.2, -0.15) is 0 Å². The van der Waals surface area contributed by atoms with Crippen molar-refractivity contribution in [3.05, 3.63) is 40.5 Å². The summed E-state index contributed by atoms with van der Waals surface area (Å²) in [7, 11) is 0. The first-order valence-corrected chi connectivity index (χ1v) is 6.45. The average molecular weight is 272 g/mol. The molecule has 20 heavy (non-hydrogen) atoms. The summed E-state index contributed by atoms with van der Waals surface area (Å²) < 4.78 is 0. The summed E-state index contributed by atoms with van der Waals surface area (Å²) in [6, 6.07) is 5.25. The Hall–Kier alpha value is -2.20. The zero-order valence-corrected chi connectivity index (χ0v) is 12.2. The van der Waals surface area contributed by atoms with Gasteiger partial charge in [0.05, 0.1) is 0 Å². The van der Waals surface area contributed by atoms with E-state index in [1.165, 1.54) is 0 Å². The predicted molar refractivity (Wildman–Crippen MR) is 82.9 cm³/mol. The number of anilines is 2. The molecule has 0 spiro atoms. The molecule has 4 nitrogen and oxygen atoms in total. The number of hydrogen-bond donors (Lipinski definition) is 3. The van der Waals surface area contributed by atoms with Crippen LogP contribution in [0.4, 0.5) is 11.4 Å². The zero-order chi connectivity index (χ0) is 15.0. The third-order valence-corrected chi connectivity index (χ3v) is 4.06. The second-order valence-electron chi connectivity index (χ2n) is 5.14. The van der Waals surface area contributed by atoms with Crippen LogP contribution in [0.25, 0.3) is 11.1 Å². The summed E-state index contributed by atoms with van der Waals surface area (Å²) in [6.45, 7) is 8.03. The fourth-order valence-corrected chi connectivity index (χ4v) is 2.57. The largest absolute Gasteiger partial charge is 0.399 e. The van der Waals surface area contributed by atoms with Crippen molar-refractivity contribution < 1.29 is 10.1 Å². The van der Waals surface area contributed by atoms with Crippen LogP contribution < -0.4 is 16.4 Å². The Kier molecular flexibility index (Phi) is 3.59. The standard InChI is InChI=1S/C16H20N2O2/c1-8-10(3)16(18)11(4)9(2)15(8)13-6-5-12(17)7-14(13)20-19/h5-7,19H,17-18H2,1-4H3. The van der Waals surface area contributed by atoms with Crippen LogP contribution in [0, 0.1) is 27.7 Å². The number of nitrogen functional groups attached to an aromatic ring is 2. The molecular weight excluding hydrogens is 252 g/mol. The minimum absolute atomic E-state index is 0.347. The molecule has 0 atom stereocenters. The van der Waals surface area contributed by atoms with Crippen molar-refractivity contribution >= 4 is 11.4 Å². The average Bonchev–Trinajstić information content (AvgIpc) is 2.44. The first-order valence-electron chi connectivity index (χ1n) is 6.45. The van der Waals surface area contributed by atoms with Gasteiger partial charge >= 0.3 is 0 Å². The highest BCUT2D eigenvalue weighted by atomic mass is 17.1. The molecule has 0 amide bonds. The second-order valence-corrected chi connectivity index (χ2v) is 5.14. The van der Waals surface area contributed by atoms with Gasteiger partial charge in [-0.25, -0.2) is 5.26 Å². The predicted octanol–water partition coefficient (Wildman–Crippen LogP) is 3.60. The minimum atomic E-state index is 0.347. The highest BCUT2D eigenvalue weighted by molar-refractivity contribution is 5.82. The normalized spacial score (nSPS) is 10.7. The SMILES string of the molecule is Cc1c(C)c(-c2ccc(N)cc2OO)c(C)c(C)c1N. The van der Waals surface area contributed by atoms with Crippen LogP contribution in [0.5, 0.6) is 5.75 Å². The molecule has 0 bridgehead atoms. The molecule has 2 aromatic carbocycles. The van der Waals surface area contributed by atoms with E-state index >= 15 is 0 Å². The smallest absolute Gasteiger partial charge is 0.174 e. The number of rotatable bonds is 2. The fourth-order valence-electron chi connectivity index (χ4n) is 2.57. The lowest BCUT2D eigenvalue weighted by atomic mass is 9.88. The van der Waals surface area contributed by atoms with E-state index in [0.29, 0.717) is 11.4 Å². The molecule has 0 radical (unpaired) electrons. The van der Waals surface area contributed by atoms with Crippen molar-refractivity contribution in [2.24, 2.45) is 0 Å². The maximum Gasteiger partial charge on any atom is 0.174 e. The highest BCUT2D eigenvalue weighted by Crippen LogP contribution is 2.40. The summed E-state index contributed by atoms with van der Waals surface area (Å²) in [5, 5.41) is 9.10. The summed E-state index contributed by atoms with van der Waals surface area (Å²) >= 11 is 0. The van der Waals surface area contributed by atoms with E-state index in [2.05, 4.69) is 4.89 Å². The van der Waals surface area contributed by atoms with Crippen LogP contribution in [0.15, 0.2) is 18.2 Å². The molecule has 2 rings (SSSR count). The van der Waals surface area contributed by atoms with Crippen molar-refractivity contribution in [1.29, 1.82) is 0 Å². The van der Waals surface area contributed by atoms with E-state index in [9.17, 15) is 0 Å². The maximum atomic E-state index is 9.10. The Labute approximate surface area is 118 Å². The van der Waals surface area contributed by atoms with Crippen LogP contribution >= 0.6 is 0 Å². The minimum Gasteiger partial charge on any atom is -0.399 e. The number of benzene rings is 2.